The number of fused-ring (bicyclic) bond motifs is 1. The minimum atomic E-state index is -0.388. The van der Waals surface area contributed by atoms with E-state index in [9.17, 15) is 4.79 Å². The number of ether oxygens (including phenoxy) is 2. The van der Waals surface area contributed by atoms with E-state index >= 15 is 0 Å². The predicted octanol–water partition coefficient (Wildman–Crippen LogP) is 2.27. The molecular weight excluding hydrogens is 328 g/mol. The lowest BCUT2D eigenvalue weighted by atomic mass is 9.93. The van der Waals surface area contributed by atoms with Crippen molar-refractivity contribution in [3.05, 3.63) is 39.8 Å². The van der Waals surface area contributed by atoms with E-state index in [4.69, 9.17) is 9.47 Å². The number of aromatic nitrogens is 3. The van der Waals surface area contributed by atoms with Gasteiger partial charge in [0.15, 0.2) is 11.5 Å². The second-order valence-corrected chi connectivity index (χ2v) is 7.02. The van der Waals surface area contributed by atoms with Gasteiger partial charge in [0.25, 0.3) is 0 Å². The second-order valence-electron chi connectivity index (χ2n) is 6.25. The fourth-order valence-electron chi connectivity index (χ4n) is 2.16. The summed E-state index contributed by atoms with van der Waals surface area (Å²) in [6.07, 6.45) is 3.42. The van der Waals surface area contributed by atoms with Gasteiger partial charge in [0.1, 0.15) is 5.69 Å². The van der Waals surface area contributed by atoms with Gasteiger partial charge in [0.05, 0.1) is 6.21 Å². The highest BCUT2D eigenvalue weighted by atomic mass is 32.2. The largest absolute Gasteiger partial charge is 0.454 e. The third kappa shape index (κ3) is 3.28. The minimum absolute atomic E-state index is 0.216. The highest BCUT2D eigenvalue weighted by molar-refractivity contribution is 7.98. The van der Waals surface area contributed by atoms with Crippen LogP contribution in [0.3, 0.4) is 0 Å². The zero-order chi connectivity index (χ0) is 17.3. The highest BCUT2D eigenvalue weighted by Gasteiger charge is 2.22. The Hall–Kier alpha value is -2.35. The van der Waals surface area contributed by atoms with Gasteiger partial charge in [-0.05, 0) is 30.0 Å². The molecule has 126 valence electrons. The smallest absolute Gasteiger partial charge is 0.310 e. The summed E-state index contributed by atoms with van der Waals surface area (Å²) >= 11 is 1.37. The van der Waals surface area contributed by atoms with Gasteiger partial charge in [0, 0.05) is 5.41 Å². The van der Waals surface area contributed by atoms with Gasteiger partial charge >= 0.3 is 5.56 Å². The van der Waals surface area contributed by atoms with Crippen LogP contribution < -0.4 is 15.0 Å². The molecule has 0 fully saturated rings. The van der Waals surface area contributed by atoms with Crippen LogP contribution in [0.5, 0.6) is 11.5 Å². The molecular formula is C16H18N4O3S. The molecule has 1 aromatic heterocycles. The first-order valence-electron chi connectivity index (χ1n) is 7.38. The fourth-order valence-corrected chi connectivity index (χ4v) is 2.50. The fraction of sp³-hybridized carbons (Fsp3) is 0.375. The number of thioether (sulfide) groups is 1. The molecule has 2 aromatic rings. The predicted molar refractivity (Wildman–Crippen MR) is 92.3 cm³/mol. The molecule has 0 radical (unpaired) electrons. The van der Waals surface area contributed by atoms with Crippen molar-refractivity contribution < 1.29 is 9.47 Å². The van der Waals surface area contributed by atoms with Crippen LogP contribution in [-0.2, 0) is 5.41 Å². The lowest BCUT2D eigenvalue weighted by Crippen LogP contribution is -2.32. The van der Waals surface area contributed by atoms with E-state index in [2.05, 4.69) is 15.2 Å². The topological polar surface area (TPSA) is 78.6 Å². The van der Waals surface area contributed by atoms with Crippen LogP contribution in [-0.4, -0.2) is 34.1 Å². The van der Waals surface area contributed by atoms with Crippen molar-refractivity contribution in [2.24, 2.45) is 5.10 Å². The first-order valence-corrected chi connectivity index (χ1v) is 8.61. The summed E-state index contributed by atoms with van der Waals surface area (Å²) < 4.78 is 10.6. The maximum atomic E-state index is 12.6. The zero-order valence-corrected chi connectivity index (χ0v) is 14.8. The van der Waals surface area contributed by atoms with Gasteiger partial charge < -0.3 is 9.47 Å². The number of benzene rings is 1. The average molecular weight is 346 g/mol. The van der Waals surface area contributed by atoms with Gasteiger partial charge in [-0.1, -0.05) is 32.5 Å². The summed E-state index contributed by atoms with van der Waals surface area (Å²) in [5.74, 6) is 1.36. The van der Waals surface area contributed by atoms with Crippen LogP contribution in [0.1, 0.15) is 32.0 Å². The molecule has 0 saturated carbocycles. The van der Waals surface area contributed by atoms with Crippen LogP contribution in [0.2, 0.25) is 0 Å². The van der Waals surface area contributed by atoms with Crippen molar-refractivity contribution in [2.75, 3.05) is 13.0 Å². The summed E-state index contributed by atoms with van der Waals surface area (Å²) in [6, 6.07) is 5.45. The van der Waals surface area contributed by atoms with Gasteiger partial charge in [-0.15, -0.1) is 9.89 Å². The quantitative estimate of drug-likeness (QED) is 0.627. The highest BCUT2D eigenvalue weighted by Crippen LogP contribution is 2.32. The van der Waals surface area contributed by atoms with Crippen LogP contribution in [0, 0.1) is 0 Å². The molecule has 24 heavy (non-hydrogen) atoms. The van der Waals surface area contributed by atoms with Crippen molar-refractivity contribution in [1.29, 1.82) is 0 Å². The van der Waals surface area contributed by atoms with E-state index < -0.39 is 0 Å². The van der Waals surface area contributed by atoms with E-state index in [1.54, 1.807) is 18.3 Å². The van der Waals surface area contributed by atoms with Crippen molar-refractivity contribution in [2.45, 2.75) is 31.3 Å². The SMILES string of the molecule is CSc1nc(C(C)(C)C)c(=O)n(N=Cc2ccc3c(c2)OCO3)n1. The Morgan fingerprint density at radius 1 is 1.29 bits per heavy atom. The molecule has 0 amide bonds. The second kappa shape index (κ2) is 6.27. The normalized spacial score (nSPS) is 13.7. The van der Waals surface area contributed by atoms with Crippen LogP contribution in [0.15, 0.2) is 33.3 Å². The third-order valence-electron chi connectivity index (χ3n) is 3.38. The van der Waals surface area contributed by atoms with E-state index in [0.717, 1.165) is 10.4 Å². The Bertz CT molecular complexity index is 855. The van der Waals surface area contributed by atoms with E-state index in [0.29, 0.717) is 22.3 Å². The van der Waals surface area contributed by atoms with E-state index in [-0.39, 0.29) is 17.8 Å². The Morgan fingerprint density at radius 2 is 2.04 bits per heavy atom. The maximum Gasteiger partial charge on any atom is 0.310 e. The van der Waals surface area contributed by atoms with E-state index in [1.165, 1.54) is 11.8 Å². The third-order valence-corrected chi connectivity index (χ3v) is 3.92. The molecule has 1 aromatic carbocycles. The van der Waals surface area contributed by atoms with Gasteiger partial charge in [0.2, 0.25) is 11.9 Å². The van der Waals surface area contributed by atoms with Crippen molar-refractivity contribution in [1.82, 2.24) is 14.9 Å². The molecule has 0 unspecified atom stereocenters. The van der Waals surface area contributed by atoms with E-state index in [1.807, 2.05) is 33.1 Å². The molecule has 0 aliphatic carbocycles. The van der Waals surface area contributed by atoms with Gasteiger partial charge in [-0.3, -0.25) is 4.79 Å². The monoisotopic (exact) mass is 346 g/mol. The minimum Gasteiger partial charge on any atom is -0.454 e. The summed E-state index contributed by atoms with van der Waals surface area (Å²) in [5, 5.41) is 8.86. The Kier molecular flexibility index (Phi) is 4.31. The molecule has 2 heterocycles. The Morgan fingerprint density at radius 3 is 2.75 bits per heavy atom. The average Bonchev–Trinajstić information content (AvgIpc) is 3.00. The molecule has 8 heteroatoms. The summed E-state index contributed by atoms with van der Waals surface area (Å²) in [5.41, 5.74) is 0.510. The first-order chi connectivity index (χ1) is 11.4. The summed E-state index contributed by atoms with van der Waals surface area (Å²) in [4.78, 5) is 18.0. The van der Waals surface area contributed by atoms with Crippen LogP contribution in [0.4, 0.5) is 0 Å². The van der Waals surface area contributed by atoms with Crippen molar-refractivity contribution >= 4 is 18.0 Å². The zero-order valence-electron chi connectivity index (χ0n) is 13.9. The molecule has 0 N–H and O–H groups in total. The summed E-state index contributed by atoms with van der Waals surface area (Å²) in [7, 11) is 0. The molecule has 0 spiro atoms. The molecule has 3 rings (SSSR count). The number of hydrogen-bond donors (Lipinski definition) is 0. The summed E-state index contributed by atoms with van der Waals surface area (Å²) in [6.45, 7) is 6.03. The molecule has 0 bridgehead atoms. The molecule has 1 aliphatic heterocycles. The van der Waals surface area contributed by atoms with Crippen LogP contribution >= 0.6 is 11.8 Å². The molecule has 7 nitrogen and oxygen atoms in total. The maximum absolute atomic E-state index is 12.6. The Labute approximate surface area is 143 Å². The van der Waals surface area contributed by atoms with Crippen molar-refractivity contribution in [3.8, 4) is 11.5 Å². The Balaban J connectivity index is 1.99. The van der Waals surface area contributed by atoms with Crippen molar-refractivity contribution in [3.63, 3.8) is 0 Å². The lowest BCUT2D eigenvalue weighted by Gasteiger charge is -2.17. The molecule has 1 aliphatic rings. The number of hydrogen-bond acceptors (Lipinski definition) is 7. The van der Waals surface area contributed by atoms with Gasteiger partial charge in [-0.25, -0.2) is 4.98 Å². The first kappa shape index (κ1) is 16.5. The van der Waals surface area contributed by atoms with Gasteiger partial charge in [-0.2, -0.15) is 5.10 Å². The number of nitrogens with zero attached hydrogens (tertiary/aromatic N) is 4. The standard InChI is InChI=1S/C16H18N4O3S/c1-16(2,3)13-14(21)20(19-15(18-13)24-4)17-8-10-5-6-11-12(7-10)23-9-22-11/h5-8H,9H2,1-4H3. The lowest BCUT2D eigenvalue weighted by molar-refractivity contribution is 0.174. The number of rotatable bonds is 3. The van der Waals surface area contributed by atoms with Crippen LogP contribution in [0.25, 0.3) is 0 Å². The molecule has 0 atom stereocenters. The molecule has 0 saturated heterocycles.